The number of carbonyl (C=O) groups excluding carboxylic acids is 1. The van der Waals surface area contributed by atoms with E-state index < -0.39 is 0 Å². The van der Waals surface area contributed by atoms with Crippen molar-refractivity contribution in [1.29, 1.82) is 0 Å². The van der Waals surface area contributed by atoms with Crippen LogP contribution in [-0.2, 0) is 5.41 Å². The van der Waals surface area contributed by atoms with Crippen LogP contribution in [0.25, 0.3) is 0 Å². The molecule has 0 unspecified atom stereocenters. The lowest BCUT2D eigenvalue weighted by molar-refractivity contribution is 0.0718. The Bertz CT molecular complexity index is 728. The number of nitrogens with one attached hydrogen (secondary N) is 1. The van der Waals surface area contributed by atoms with Crippen molar-refractivity contribution < 1.29 is 4.79 Å². The average Bonchev–Trinajstić information content (AvgIpc) is 2.62. The highest BCUT2D eigenvalue weighted by molar-refractivity contribution is 5.92. The predicted octanol–water partition coefficient (Wildman–Crippen LogP) is 4.14. The van der Waals surface area contributed by atoms with Gasteiger partial charge in [0.1, 0.15) is 11.5 Å². The summed E-state index contributed by atoms with van der Waals surface area (Å²) in [5, 5.41) is 3.33. The average molecular weight is 338 g/mol. The Labute approximate surface area is 149 Å². The molecule has 0 radical (unpaired) electrons. The molecule has 5 heteroatoms. The molecule has 1 aromatic carbocycles. The number of nitrogens with zero attached hydrogens (tertiary/aromatic N) is 3. The molecule has 5 nitrogen and oxygen atoms in total. The molecule has 1 aliphatic heterocycles. The van der Waals surface area contributed by atoms with Gasteiger partial charge in [-0.05, 0) is 36.3 Å². The van der Waals surface area contributed by atoms with Crippen LogP contribution in [-0.4, -0.2) is 33.9 Å². The number of hydrogen-bond donors (Lipinski definition) is 1. The lowest BCUT2D eigenvalue weighted by atomic mass is 9.86. The number of anilines is 2. The number of likely N-dealkylation sites (tertiary alicyclic amines) is 1. The number of amides is 1. The predicted molar refractivity (Wildman–Crippen MR) is 100 cm³/mol. The molecule has 1 saturated heterocycles. The minimum Gasteiger partial charge on any atom is -0.339 e. The molecule has 3 rings (SSSR count). The van der Waals surface area contributed by atoms with Gasteiger partial charge in [0.05, 0.1) is 12.4 Å². The van der Waals surface area contributed by atoms with E-state index in [0.29, 0.717) is 11.5 Å². The van der Waals surface area contributed by atoms with E-state index in [2.05, 4.69) is 42.1 Å². The van der Waals surface area contributed by atoms with E-state index in [1.54, 1.807) is 12.4 Å². The molecule has 132 valence electrons. The van der Waals surface area contributed by atoms with Crippen molar-refractivity contribution in [2.24, 2.45) is 0 Å². The van der Waals surface area contributed by atoms with Gasteiger partial charge < -0.3 is 10.2 Å². The van der Waals surface area contributed by atoms with Crippen molar-refractivity contribution in [2.75, 3.05) is 18.4 Å². The number of para-hydroxylation sites is 1. The molecule has 2 heterocycles. The Morgan fingerprint density at radius 3 is 2.40 bits per heavy atom. The number of aromatic nitrogens is 2. The zero-order valence-corrected chi connectivity index (χ0v) is 15.2. The van der Waals surface area contributed by atoms with Gasteiger partial charge in [0.25, 0.3) is 5.91 Å². The van der Waals surface area contributed by atoms with Crippen molar-refractivity contribution >= 4 is 17.4 Å². The Morgan fingerprint density at radius 2 is 1.76 bits per heavy atom. The van der Waals surface area contributed by atoms with Crippen LogP contribution in [0.1, 0.15) is 56.1 Å². The maximum absolute atomic E-state index is 12.5. The molecule has 1 aliphatic rings. The van der Waals surface area contributed by atoms with Gasteiger partial charge in [-0.1, -0.05) is 39.0 Å². The summed E-state index contributed by atoms with van der Waals surface area (Å²) in [5.41, 5.74) is 2.67. The van der Waals surface area contributed by atoms with Gasteiger partial charge in [0, 0.05) is 18.8 Å². The van der Waals surface area contributed by atoms with E-state index in [1.807, 2.05) is 23.1 Å². The van der Waals surface area contributed by atoms with E-state index in [1.165, 1.54) is 12.0 Å². The third kappa shape index (κ3) is 4.16. The Hall–Kier alpha value is -2.43. The van der Waals surface area contributed by atoms with Gasteiger partial charge in [-0.3, -0.25) is 4.79 Å². The van der Waals surface area contributed by atoms with Gasteiger partial charge >= 0.3 is 0 Å². The van der Waals surface area contributed by atoms with E-state index >= 15 is 0 Å². The molecule has 0 bridgehead atoms. The molecule has 0 spiro atoms. The zero-order chi connectivity index (χ0) is 17.9. The minimum absolute atomic E-state index is 0.0196. The SMILES string of the molecule is CC(C)(C)c1ccccc1Nc1cnc(C(=O)N2CCCCC2)cn1. The van der Waals surface area contributed by atoms with Crippen LogP contribution in [0.4, 0.5) is 11.5 Å². The number of piperidine rings is 1. The Morgan fingerprint density at radius 1 is 1.04 bits per heavy atom. The van der Waals surface area contributed by atoms with Crippen LogP contribution >= 0.6 is 0 Å². The highest BCUT2D eigenvalue weighted by atomic mass is 16.2. The third-order valence-corrected chi connectivity index (χ3v) is 4.51. The van der Waals surface area contributed by atoms with Crippen molar-refractivity contribution in [3.8, 4) is 0 Å². The maximum atomic E-state index is 12.5. The summed E-state index contributed by atoms with van der Waals surface area (Å²) >= 11 is 0. The molecule has 1 fully saturated rings. The van der Waals surface area contributed by atoms with Crippen molar-refractivity contribution in [2.45, 2.75) is 45.4 Å². The fourth-order valence-corrected chi connectivity index (χ4v) is 3.15. The standard InChI is InChI=1S/C20H26N4O/c1-20(2,3)15-9-5-6-10-16(15)23-18-14-21-17(13-22-18)19(25)24-11-7-4-8-12-24/h5-6,9-10,13-14H,4,7-8,11-12H2,1-3H3,(H,22,23). The molecule has 1 amide bonds. The highest BCUT2D eigenvalue weighted by Crippen LogP contribution is 2.30. The Balaban J connectivity index is 1.74. The van der Waals surface area contributed by atoms with E-state index in [9.17, 15) is 4.79 Å². The summed E-state index contributed by atoms with van der Waals surface area (Å²) in [6.45, 7) is 8.18. The second-order valence-corrected chi connectivity index (χ2v) is 7.56. The summed E-state index contributed by atoms with van der Waals surface area (Å²) in [6, 6.07) is 8.19. The second-order valence-electron chi connectivity index (χ2n) is 7.56. The molecule has 0 saturated carbocycles. The summed E-state index contributed by atoms with van der Waals surface area (Å²) in [6.07, 6.45) is 6.55. The van der Waals surface area contributed by atoms with Crippen LogP contribution < -0.4 is 5.32 Å². The molecular formula is C20H26N4O. The minimum atomic E-state index is -0.0196. The molecule has 2 aromatic rings. The van der Waals surface area contributed by atoms with E-state index in [0.717, 1.165) is 31.6 Å². The number of carbonyl (C=O) groups is 1. The monoisotopic (exact) mass is 338 g/mol. The smallest absolute Gasteiger partial charge is 0.274 e. The van der Waals surface area contributed by atoms with Crippen LogP contribution in [0, 0.1) is 0 Å². The normalized spacial score (nSPS) is 15.1. The third-order valence-electron chi connectivity index (χ3n) is 4.51. The molecule has 0 atom stereocenters. The van der Waals surface area contributed by atoms with E-state index in [-0.39, 0.29) is 11.3 Å². The van der Waals surface area contributed by atoms with Gasteiger partial charge in [-0.25, -0.2) is 9.97 Å². The van der Waals surface area contributed by atoms with Crippen molar-refractivity contribution in [1.82, 2.24) is 14.9 Å². The van der Waals surface area contributed by atoms with Crippen molar-refractivity contribution in [3.63, 3.8) is 0 Å². The lowest BCUT2D eigenvalue weighted by Crippen LogP contribution is -2.36. The second kappa shape index (κ2) is 7.21. The number of hydrogen-bond acceptors (Lipinski definition) is 4. The fourth-order valence-electron chi connectivity index (χ4n) is 3.15. The van der Waals surface area contributed by atoms with Crippen LogP contribution in [0.2, 0.25) is 0 Å². The first-order valence-corrected chi connectivity index (χ1v) is 8.93. The van der Waals surface area contributed by atoms with Crippen LogP contribution in [0.5, 0.6) is 0 Å². The lowest BCUT2D eigenvalue weighted by Gasteiger charge is -2.26. The molecule has 25 heavy (non-hydrogen) atoms. The quantitative estimate of drug-likeness (QED) is 0.913. The summed E-state index contributed by atoms with van der Waals surface area (Å²) in [4.78, 5) is 23.0. The maximum Gasteiger partial charge on any atom is 0.274 e. The zero-order valence-electron chi connectivity index (χ0n) is 15.2. The molecule has 0 aliphatic carbocycles. The van der Waals surface area contributed by atoms with Crippen molar-refractivity contribution in [3.05, 3.63) is 47.9 Å². The fraction of sp³-hybridized carbons (Fsp3) is 0.450. The summed E-state index contributed by atoms with van der Waals surface area (Å²) in [5.74, 6) is 0.626. The highest BCUT2D eigenvalue weighted by Gasteiger charge is 2.20. The van der Waals surface area contributed by atoms with E-state index in [4.69, 9.17) is 0 Å². The van der Waals surface area contributed by atoms with Crippen LogP contribution in [0.3, 0.4) is 0 Å². The molecule has 1 aromatic heterocycles. The van der Waals surface area contributed by atoms with Gasteiger partial charge in [-0.15, -0.1) is 0 Å². The number of rotatable bonds is 3. The first-order valence-electron chi connectivity index (χ1n) is 8.93. The Kier molecular flexibility index (Phi) is 5.02. The van der Waals surface area contributed by atoms with Gasteiger partial charge in [0.2, 0.25) is 0 Å². The van der Waals surface area contributed by atoms with Gasteiger partial charge in [-0.2, -0.15) is 0 Å². The molecule has 1 N–H and O–H groups in total. The topological polar surface area (TPSA) is 58.1 Å². The molecular weight excluding hydrogens is 312 g/mol. The number of benzene rings is 1. The largest absolute Gasteiger partial charge is 0.339 e. The summed E-state index contributed by atoms with van der Waals surface area (Å²) < 4.78 is 0. The van der Waals surface area contributed by atoms with Gasteiger partial charge in [0.15, 0.2) is 0 Å². The first-order chi connectivity index (χ1) is 11.9. The summed E-state index contributed by atoms with van der Waals surface area (Å²) in [7, 11) is 0. The van der Waals surface area contributed by atoms with Crippen LogP contribution in [0.15, 0.2) is 36.7 Å². The first kappa shape index (κ1) is 17.4.